The van der Waals surface area contributed by atoms with E-state index in [2.05, 4.69) is 4.74 Å². The van der Waals surface area contributed by atoms with Gasteiger partial charge in [-0.3, -0.25) is 13.6 Å². The number of phosphoric acid groups is 1. The van der Waals surface area contributed by atoms with Gasteiger partial charge in [-0.05, 0) is 18.1 Å². The maximum Gasteiger partial charge on any atom is 0.476 e. The summed E-state index contributed by atoms with van der Waals surface area (Å²) in [7, 11) is -2.75. The Labute approximate surface area is 147 Å². The van der Waals surface area contributed by atoms with Gasteiger partial charge >= 0.3 is 13.8 Å². The molecule has 0 aliphatic rings. The third-order valence-corrected chi connectivity index (χ3v) is 4.75. The molecule has 0 bridgehead atoms. The number of hydrogen-bond acceptors (Lipinski definition) is 6. The summed E-state index contributed by atoms with van der Waals surface area (Å²) in [5.74, 6) is -0.660. The number of phosphoric ester groups is 1. The van der Waals surface area contributed by atoms with Crippen LogP contribution in [0.4, 0.5) is 0 Å². The molecular formula is C18H21O6P. The quantitative estimate of drug-likeness (QED) is 0.493. The second kappa shape index (κ2) is 9.49. The van der Waals surface area contributed by atoms with Crippen molar-refractivity contribution in [2.45, 2.75) is 26.2 Å². The van der Waals surface area contributed by atoms with Gasteiger partial charge in [0.15, 0.2) is 6.10 Å². The van der Waals surface area contributed by atoms with Crippen LogP contribution >= 0.6 is 7.82 Å². The molecule has 7 heteroatoms. The molecule has 0 aliphatic carbocycles. The first-order chi connectivity index (χ1) is 12.0. The number of esters is 1. The van der Waals surface area contributed by atoms with Crippen LogP contribution in [0.3, 0.4) is 0 Å². The van der Waals surface area contributed by atoms with Gasteiger partial charge in [0.25, 0.3) is 0 Å². The largest absolute Gasteiger partial charge is 0.476 e. The Morgan fingerprint density at radius 2 is 1.36 bits per heavy atom. The number of carbonyl (C=O) groups is 1. The first-order valence-electron chi connectivity index (χ1n) is 7.75. The zero-order valence-electron chi connectivity index (χ0n) is 14.2. The van der Waals surface area contributed by atoms with Crippen LogP contribution in [-0.4, -0.2) is 19.2 Å². The molecule has 2 rings (SSSR count). The van der Waals surface area contributed by atoms with E-state index in [9.17, 15) is 9.36 Å². The highest BCUT2D eigenvalue weighted by atomic mass is 31.2. The molecule has 0 heterocycles. The van der Waals surface area contributed by atoms with Crippen LogP contribution in [0.15, 0.2) is 60.7 Å². The summed E-state index contributed by atoms with van der Waals surface area (Å²) >= 11 is 0. The molecular weight excluding hydrogens is 343 g/mol. The molecule has 0 aliphatic heterocycles. The van der Waals surface area contributed by atoms with Crippen molar-refractivity contribution in [1.82, 2.24) is 0 Å². The molecule has 0 spiro atoms. The molecule has 0 unspecified atom stereocenters. The number of hydrogen-bond donors (Lipinski definition) is 0. The summed E-state index contributed by atoms with van der Waals surface area (Å²) in [6.07, 6.45) is -1.08. The van der Waals surface area contributed by atoms with Gasteiger partial charge in [-0.1, -0.05) is 60.7 Å². The van der Waals surface area contributed by atoms with Crippen molar-refractivity contribution in [1.29, 1.82) is 0 Å². The standard InChI is InChI=1S/C18H21O6P/c1-15(18(19)21-2)24-25(20,22-13-16-9-5-3-6-10-16)23-14-17-11-7-4-8-12-17/h3-12,15H,13-14H2,1-2H3/t15-/m0/s1. The molecule has 0 aromatic heterocycles. The molecule has 0 saturated heterocycles. The second-order valence-electron chi connectivity index (χ2n) is 5.24. The lowest BCUT2D eigenvalue weighted by Crippen LogP contribution is -2.22. The highest BCUT2D eigenvalue weighted by molar-refractivity contribution is 7.48. The van der Waals surface area contributed by atoms with Gasteiger partial charge in [0, 0.05) is 0 Å². The third kappa shape index (κ3) is 6.44. The topological polar surface area (TPSA) is 71.1 Å². The van der Waals surface area contributed by atoms with Crippen molar-refractivity contribution in [3.8, 4) is 0 Å². The van der Waals surface area contributed by atoms with E-state index in [1.165, 1.54) is 14.0 Å². The third-order valence-electron chi connectivity index (χ3n) is 3.28. The molecule has 2 aromatic rings. The van der Waals surface area contributed by atoms with Crippen LogP contribution in [0, 0.1) is 0 Å². The fraction of sp³-hybridized carbons (Fsp3) is 0.278. The predicted molar refractivity (Wildman–Crippen MR) is 92.6 cm³/mol. The molecule has 0 N–H and O–H groups in total. The summed E-state index contributed by atoms with van der Waals surface area (Å²) in [6, 6.07) is 18.4. The number of carbonyl (C=O) groups excluding carboxylic acids is 1. The van der Waals surface area contributed by atoms with Crippen molar-refractivity contribution in [2.24, 2.45) is 0 Å². The van der Waals surface area contributed by atoms with Gasteiger partial charge in [-0.2, -0.15) is 0 Å². The Morgan fingerprint density at radius 3 is 1.76 bits per heavy atom. The minimum absolute atomic E-state index is 0.0286. The Kier molecular flexibility index (Phi) is 7.34. The van der Waals surface area contributed by atoms with Gasteiger partial charge in [0.2, 0.25) is 0 Å². The van der Waals surface area contributed by atoms with E-state index < -0.39 is 19.9 Å². The molecule has 1 atom stereocenters. The van der Waals surface area contributed by atoms with Gasteiger partial charge in [-0.15, -0.1) is 0 Å². The maximum atomic E-state index is 12.9. The Balaban J connectivity index is 2.06. The highest BCUT2D eigenvalue weighted by Crippen LogP contribution is 2.52. The summed E-state index contributed by atoms with van der Waals surface area (Å²) < 4.78 is 33.6. The van der Waals surface area contributed by atoms with E-state index >= 15 is 0 Å². The van der Waals surface area contributed by atoms with Gasteiger partial charge in [0.05, 0.1) is 20.3 Å². The average molecular weight is 364 g/mol. The molecule has 0 saturated carbocycles. The van der Waals surface area contributed by atoms with E-state index in [-0.39, 0.29) is 13.2 Å². The van der Waals surface area contributed by atoms with Crippen LogP contribution in [0.2, 0.25) is 0 Å². The minimum Gasteiger partial charge on any atom is -0.467 e. The molecule has 25 heavy (non-hydrogen) atoms. The number of rotatable bonds is 9. The van der Waals surface area contributed by atoms with E-state index in [0.717, 1.165) is 11.1 Å². The second-order valence-corrected chi connectivity index (χ2v) is 6.86. The molecule has 134 valence electrons. The SMILES string of the molecule is COC(=O)[C@H](C)OP(=O)(OCc1ccccc1)OCc1ccccc1. The first-order valence-corrected chi connectivity index (χ1v) is 9.21. The summed E-state index contributed by atoms with van der Waals surface area (Å²) in [6.45, 7) is 1.48. The van der Waals surface area contributed by atoms with E-state index in [1.54, 1.807) is 0 Å². The fourth-order valence-electron chi connectivity index (χ4n) is 1.96. The molecule has 0 radical (unpaired) electrons. The lowest BCUT2D eigenvalue weighted by Gasteiger charge is -2.21. The van der Waals surface area contributed by atoms with Crippen molar-refractivity contribution in [3.63, 3.8) is 0 Å². The van der Waals surface area contributed by atoms with E-state index in [1.807, 2.05) is 60.7 Å². The molecule has 2 aromatic carbocycles. The van der Waals surface area contributed by atoms with Gasteiger partial charge < -0.3 is 4.74 Å². The van der Waals surface area contributed by atoms with Crippen LogP contribution in [-0.2, 0) is 40.9 Å². The van der Waals surface area contributed by atoms with Crippen LogP contribution < -0.4 is 0 Å². The summed E-state index contributed by atoms with van der Waals surface area (Å²) in [5.41, 5.74) is 1.61. The van der Waals surface area contributed by atoms with Crippen LogP contribution in [0.5, 0.6) is 0 Å². The Bertz CT molecular complexity index is 657. The number of ether oxygens (including phenoxy) is 1. The normalized spacial score (nSPS) is 12.6. The Morgan fingerprint density at radius 1 is 0.920 bits per heavy atom. The van der Waals surface area contributed by atoms with Crippen molar-refractivity contribution < 1.29 is 27.7 Å². The zero-order valence-corrected chi connectivity index (χ0v) is 15.1. The van der Waals surface area contributed by atoms with Crippen LogP contribution in [0.1, 0.15) is 18.1 Å². The summed E-state index contributed by atoms with van der Waals surface area (Å²) in [5, 5.41) is 0. The van der Waals surface area contributed by atoms with Gasteiger partial charge in [0.1, 0.15) is 0 Å². The van der Waals surface area contributed by atoms with E-state index in [4.69, 9.17) is 13.6 Å². The average Bonchev–Trinajstić information content (AvgIpc) is 2.66. The minimum atomic E-state index is -3.97. The number of methoxy groups -OCH3 is 1. The van der Waals surface area contributed by atoms with Crippen molar-refractivity contribution in [2.75, 3.05) is 7.11 Å². The van der Waals surface area contributed by atoms with Gasteiger partial charge in [-0.25, -0.2) is 9.36 Å². The fourth-order valence-corrected chi connectivity index (χ4v) is 3.24. The Hall–Kier alpha value is -1.98. The predicted octanol–water partition coefficient (Wildman–Crippen LogP) is 4.11. The van der Waals surface area contributed by atoms with Crippen LogP contribution in [0.25, 0.3) is 0 Å². The molecule has 6 nitrogen and oxygen atoms in total. The maximum absolute atomic E-state index is 12.9. The lowest BCUT2D eigenvalue weighted by molar-refractivity contribution is -0.149. The number of benzene rings is 2. The molecule has 0 amide bonds. The summed E-state index contributed by atoms with van der Waals surface area (Å²) in [4.78, 5) is 11.6. The van der Waals surface area contributed by atoms with E-state index in [0.29, 0.717) is 0 Å². The smallest absolute Gasteiger partial charge is 0.467 e. The monoisotopic (exact) mass is 364 g/mol. The van der Waals surface area contributed by atoms with Crippen molar-refractivity contribution >= 4 is 13.8 Å². The zero-order chi connectivity index (χ0) is 18.1. The molecule has 0 fully saturated rings. The van der Waals surface area contributed by atoms with Crippen molar-refractivity contribution in [3.05, 3.63) is 71.8 Å². The lowest BCUT2D eigenvalue weighted by atomic mass is 10.2. The first kappa shape index (κ1) is 19.3. The highest BCUT2D eigenvalue weighted by Gasteiger charge is 2.32.